The fourth-order valence-electron chi connectivity index (χ4n) is 2.49. The van der Waals surface area contributed by atoms with E-state index in [1.54, 1.807) is 83.1 Å². The van der Waals surface area contributed by atoms with Crippen LogP contribution in [-0.2, 0) is 23.7 Å². The third-order valence-electron chi connectivity index (χ3n) is 4.23. The minimum atomic E-state index is -0.918. The molecule has 4 amide bonds. The molecule has 0 bridgehead atoms. The number of hydrogen-bond donors (Lipinski definition) is 1. The van der Waals surface area contributed by atoms with E-state index in [1.165, 1.54) is 30.7 Å². The predicted molar refractivity (Wildman–Crippen MR) is 167 cm³/mol. The van der Waals surface area contributed by atoms with Gasteiger partial charge in [0.2, 0.25) is 0 Å². The minimum absolute atomic E-state index is 0. The number of amides is 4. The van der Waals surface area contributed by atoms with E-state index in [1.807, 2.05) is 0 Å². The first-order chi connectivity index (χ1) is 19.5. The second-order valence-electron chi connectivity index (χ2n) is 14.0. The maximum absolute atomic E-state index is 12.0. The van der Waals surface area contributed by atoms with Crippen LogP contribution in [0.1, 0.15) is 122 Å². The van der Waals surface area contributed by atoms with E-state index in [0.717, 1.165) is 26.1 Å². The Morgan fingerprint density at radius 3 is 1.29 bits per heavy atom. The van der Waals surface area contributed by atoms with Gasteiger partial charge in [-0.25, -0.2) is 42.5 Å². The number of hydrogen-bond acceptors (Lipinski definition) is 9. The largest absolute Gasteiger partial charge is 2.00 e. The third kappa shape index (κ3) is 35.0. The zero-order chi connectivity index (χ0) is 33.5. The van der Waals surface area contributed by atoms with Gasteiger partial charge >= 0.3 is 47.4 Å². The van der Waals surface area contributed by atoms with Crippen LogP contribution in [0.4, 0.5) is 19.2 Å². The number of rotatable bonds is 1. The summed E-state index contributed by atoms with van der Waals surface area (Å²) in [5, 5.41) is 7.39. The Labute approximate surface area is 296 Å². The van der Waals surface area contributed by atoms with Crippen molar-refractivity contribution in [3.05, 3.63) is 6.42 Å². The Kier molecular flexibility index (Phi) is 23.3. The van der Waals surface area contributed by atoms with Gasteiger partial charge in [-0.3, -0.25) is 0 Å². The average molecular weight is 720 g/mol. The number of nitrogens with one attached hydrogen (secondary N) is 1. The van der Waals surface area contributed by atoms with Crippen molar-refractivity contribution in [3.8, 4) is 0 Å². The molecule has 0 aromatic heterocycles. The van der Waals surface area contributed by atoms with E-state index in [9.17, 15) is 19.2 Å². The van der Waals surface area contributed by atoms with Crippen molar-refractivity contribution in [1.82, 2.24) is 10.4 Å². The molecule has 1 heterocycles. The molecular formula is C30H55BrMgN4O9. The van der Waals surface area contributed by atoms with Gasteiger partial charge in [0.1, 0.15) is 22.4 Å². The molecule has 0 radical (unpaired) electrons. The first kappa shape index (κ1) is 47.7. The Morgan fingerprint density at radius 2 is 1.04 bits per heavy atom. The van der Waals surface area contributed by atoms with Crippen molar-refractivity contribution in [2.24, 2.45) is 10.2 Å². The molecule has 15 heteroatoms. The van der Waals surface area contributed by atoms with E-state index >= 15 is 0 Å². The van der Waals surface area contributed by atoms with E-state index in [4.69, 9.17) is 23.7 Å². The summed E-state index contributed by atoms with van der Waals surface area (Å²) in [5.74, 6) is 0. The average Bonchev–Trinajstić information content (AvgIpc) is 3.73. The second-order valence-corrected chi connectivity index (χ2v) is 14.0. The van der Waals surface area contributed by atoms with Gasteiger partial charge in [0.25, 0.3) is 0 Å². The van der Waals surface area contributed by atoms with Crippen LogP contribution in [0.3, 0.4) is 0 Å². The topological polar surface area (TPSA) is 154 Å². The molecule has 2 aliphatic carbocycles. The molecule has 3 fully saturated rings. The van der Waals surface area contributed by atoms with E-state index in [0.29, 0.717) is 0 Å². The molecule has 0 unspecified atom stereocenters. The van der Waals surface area contributed by atoms with Crippen molar-refractivity contribution >= 4 is 47.4 Å². The maximum Gasteiger partial charge on any atom is 2.00 e. The number of azo groups is 1. The number of carbonyl (C=O) groups excluding carboxylic acids is 4. The summed E-state index contributed by atoms with van der Waals surface area (Å²) < 4.78 is 24.9. The van der Waals surface area contributed by atoms with Gasteiger partial charge in [0.15, 0.2) is 0 Å². The first-order valence-electron chi connectivity index (χ1n) is 14.8. The van der Waals surface area contributed by atoms with Crippen LogP contribution in [-0.4, -0.2) is 94.1 Å². The van der Waals surface area contributed by atoms with Gasteiger partial charge in [-0.15, -0.1) is 0 Å². The molecule has 1 aliphatic heterocycles. The van der Waals surface area contributed by atoms with Crippen molar-refractivity contribution in [1.29, 1.82) is 0 Å². The van der Waals surface area contributed by atoms with Gasteiger partial charge < -0.3 is 47.1 Å². The second kappa shape index (κ2) is 22.0. The zero-order valence-corrected chi connectivity index (χ0v) is 32.4. The molecular weight excluding hydrogens is 665 g/mol. The maximum atomic E-state index is 12.0. The Morgan fingerprint density at radius 1 is 0.689 bits per heavy atom. The van der Waals surface area contributed by atoms with Crippen LogP contribution < -0.4 is 22.4 Å². The summed E-state index contributed by atoms with van der Waals surface area (Å²) in [6.45, 7) is 22.8. The molecule has 0 atom stereocenters. The summed E-state index contributed by atoms with van der Waals surface area (Å²) in [7, 11) is 0. The van der Waals surface area contributed by atoms with Crippen LogP contribution in [0.15, 0.2) is 10.2 Å². The fourth-order valence-corrected chi connectivity index (χ4v) is 2.49. The standard InChI is InChI=1S/C13H24N2O4.C10H18N2O4.C4H8O.C3H5.BrH.Mg/c1-12(2,3)18-10(16)14-15(9-7-8-9)11(17)19-13(4,5)6;1-9(2,3)15-7(13)11-12-8(14)16-10(4,5)6;1-2-4-5-3-1;1-2-3-1;;/h9H,7-8H2,1-6H3,(H,14,16);1-6H3;1-4H2;1H,2-3H2;1H;/q;;;-1;;+2/p-1. The van der Waals surface area contributed by atoms with E-state index in [-0.39, 0.29) is 46.1 Å². The van der Waals surface area contributed by atoms with Crippen LogP contribution in [0.25, 0.3) is 0 Å². The normalized spacial score (nSPS) is 15.4. The monoisotopic (exact) mass is 718 g/mol. The number of nitrogens with zero attached hydrogens (tertiary/aromatic N) is 3. The van der Waals surface area contributed by atoms with Crippen molar-refractivity contribution in [3.63, 3.8) is 0 Å². The van der Waals surface area contributed by atoms with Gasteiger partial charge in [0.05, 0.1) is 6.04 Å². The molecule has 0 aromatic carbocycles. The quantitative estimate of drug-likeness (QED) is 0.135. The van der Waals surface area contributed by atoms with Crippen LogP contribution in [0, 0.1) is 6.42 Å². The SMILES string of the molecule is C1CCOC1.CC(C)(C)OC(=O)N=NC(=O)OC(C)(C)C.CC(C)(C)OC(=O)NN(C(=O)OC(C)(C)C)C1CC1.[Br-].[CH-]1CC1.[Mg+2]. The summed E-state index contributed by atoms with van der Waals surface area (Å²) in [4.78, 5) is 45.7. The molecule has 1 saturated heterocycles. The number of halogens is 1. The molecule has 3 aliphatic rings. The molecule has 1 N–H and O–H groups in total. The van der Waals surface area contributed by atoms with E-state index < -0.39 is 46.8 Å². The number of ether oxygens (including phenoxy) is 5. The third-order valence-corrected chi connectivity index (χ3v) is 4.23. The number of hydrazine groups is 1. The fraction of sp³-hybridized carbons (Fsp3) is 0.833. The van der Waals surface area contributed by atoms with Gasteiger partial charge in [-0.1, -0.05) is 10.2 Å². The molecule has 3 rings (SSSR count). The van der Waals surface area contributed by atoms with Gasteiger partial charge in [-0.2, -0.15) is 0 Å². The van der Waals surface area contributed by atoms with Crippen molar-refractivity contribution in [2.75, 3.05) is 13.2 Å². The summed E-state index contributed by atoms with van der Waals surface area (Å²) in [5.41, 5.74) is -0.0712. The van der Waals surface area contributed by atoms with Crippen LogP contribution in [0.2, 0.25) is 0 Å². The molecule has 258 valence electrons. The Bertz CT molecular complexity index is 874. The summed E-state index contributed by atoms with van der Waals surface area (Å²) >= 11 is 0. The smallest absolute Gasteiger partial charge is 1.00 e. The van der Waals surface area contributed by atoms with Crippen LogP contribution in [0.5, 0.6) is 0 Å². The van der Waals surface area contributed by atoms with Gasteiger partial charge in [-0.05, 0) is 109 Å². The molecule has 13 nitrogen and oxygen atoms in total. The molecule has 0 spiro atoms. The zero-order valence-electron chi connectivity index (χ0n) is 29.4. The first-order valence-corrected chi connectivity index (χ1v) is 14.8. The Balaban J connectivity index is -0.000000607. The van der Waals surface area contributed by atoms with Crippen LogP contribution >= 0.6 is 0 Å². The summed E-state index contributed by atoms with van der Waals surface area (Å²) in [6.07, 6.45) is 6.23. The molecule has 45 heavy (non-hydrogen) atoms. The molecule has 0 aromatic rings. The van der Waals surface area contributed by atoms with Crippen molar-refractivity contribution < 1.29 is 59.8 Å². The van der Waals surface area contributed by atoms with Gasteiger partial charge in [0, 0.05) is 13.2 Å². The predicted octanol–water partition coefficient (Wildman–Crippen LogP) is 4.54. The number of carbonyl (C=O) groups is 4. The Hall–Kier alpha value is -1.71. The van der Waals surface area contributed by atoms with E-state index in [2.05, 4.69) is 22.1 Å². The summed E-state index contributed by atoms with van der Waals surface area (Å²) in [6, 6.07) is 0.00219. The molecule has 2 saturated carbocycles. The van der Waals surface area contributed by atoms with Crippen molar-refractivity contribution in [2.45, 2.75) is 150 Å². The minimum Gasteiger partial charge on any atom is -1.00 e.